The van der Waals surface area contributed by atoms with Crippen molar-refractivity contribution in [3.8, 4) is 0 Å². The molecule has 20 heavy (non-hydrogen) atoms. The zero-order chi connectivity index (χ0) is 15.3. The molecule has 1 aromatic rings. The van der Waals surface area contributed by atoms with Crippen LogP contribution in [0.1, 0.15) is 19.6 Å². The zero-order valence-corrected chi connectivity index (χ0v) is 14.3. The Kier molecular flexibility index (Phi) is 6.67. The van der Waals surface area contributed by atoms with E-state index in [1.165, 1.54) is 10.4 Å². The van der Waals surface area contributed by atoms with Crippen LogP contribution in [0.15, 0.2) is 20.0 Å². The van der Waals surface area contributed by atoms with E-state index >= 15 is 0 Å². The van der Waals surface area contributed by atoms with Gasteiger partial charge in [-0.25, -0.2) is 8.42 Å². The van der Waals surface area contributed by atoms with E-state index in [4.69, 9.17) is 14.9 Å². The van der Waals surface area contributed by atoms with Crippen molar-refractivity contribution in [2.24, 2.45) is 11.7 Å². The van der Waals surface area contributed by atoms with Gasteiger partial charge in [0, 0.05) is 26.3 Å². The molecule has 1 rings (SSSR count). The van der Waals surface area contributed by atoms with Crippen LogP contribution >= 0.6 is 15.9 Å². The van der Waals surface area contributed by atoms with Crippen molar-refractivity contribution in [1.29, 1.82) is 0 Å². The monoisotopic (exact) mass is 368 g/mol. The number of hydrogen-bond acceptors (Lipinski definition) is 5. The molecule has 2 N–H and O–H groups in total. The molecule has 0 saturated carbocycles. The third kappa shape index (κ3) is 4.29. The van der Waals surface area contributed by atoms with Gasteiger partial charge in [0.2, 0.25) is 10.0 Å². The average molecular weight is 369 g/mol. The second-order valence-electron chi connectivity index (χ2n) is 4.80. The molecular formula is C12H21BrN2O4S. The van der Waals surface area contributed by atoms with Gasteiger partial charge in [-0.15, -0.1) is 0 Å². The molecule has 0 aliphatic rings. The van der Waals surface area contributed by atoms with Crippen LogP contribution in [0.5, 0.6) is 0 Å². The van der Waals surface area contributed by atoms with Crippen molar-refractivity contribution in [3.05, 3.63) is 16.5 Å². The Bertz CT molecular complexity index is 528. The van der Waals surface area contributed by atoms with Crippen LogP contribution in [0.3, 0.4) is 0 Å². The molecule has 0 unspecified atom stereocenters. The second kappa shape index (κ2) is 7.56. The van der Waals surface area contributed by atoms with E-state index in [0.29, 0.717) is 25.5 Å². The summed E-state index contributed by atoms with van der Waals surface area (Å²) in [5.74, 6) is 0.632. The first-order valence-corrected chi connectivity index (χ1v) is 8.53. The molecule has 0 aliphatic carbocycles. The molecule has 116 valence electrons. The molecule has 0 atom stereocenters. The van der Waals surface area contributed by atoms with Crippen molar-refractivity contribution < 1.29 is 17.6 Å². The molecular weight excluding hydrogens is 348 g/mol. The fourth-order valence-corrected chi connectivity index (χ4v) is 4.27. The molecule has 0 fully saturated rings. The fourth-order valence-electron chi connectivity index (χ4n) is 1.72. The second-order valence-corrected chi connectivity index (χ2v) is 7.43. The third-order valence-corrected chi connectivity index (χ3v) is 5.36. The number of ether oxygens (including phenoxy) is 1. The van der Waals surface area contributed by atoms with E-state index in [1.54, 1.807) is 7.11 Å². The summed E-state index contributed by atoms with van der Waals surface area (Å²) in [6.45, 7) is 5.13. The average Bonchev–Trinajstić information content (AvgIpc) is 2.76. The lowest BCUT2D eigenvalue weighted by Crippen LogP contribution is -2.36. The number of hydrogen-bond donors (Lipinski definition) is 1. The maximum Gasteiger partial charge on any atom is 0.247 e. The minimum absolute atomic E-state index is 0.106. The molecule has 0 bridgehead atoms. The third-order valence-electron chi connectivity index (χ3n) is 2.64. The van der Waals surface area contributed by atoms with E-state index in [2.05, 4.69) is 15.9 Å². The highest BCUT2D eigenvalue weighted by molar-refractivity contribution is 9.10. The van der Waals surface area contributed by atoms with Gasteiger partial charge in [0.15, 0.2) is 4.67 Å². The van der Waals surface area contributed by atoms with Gasteiger partial charge >= 0.3 is 0 Å². The maximum atomic E-state index is 12.7. The SMILES string of the molecule is COCCN(CC(C)C)S(=O)(=O)c1cc(CN)oc1Br. The first kappa shape index (κ1) is 17.6. The van der Waals surface area contributed by atoms with Gasteiger partial charge < -0.3 is 14.9 Å². The van der Waals surface area contributed by atoms with Gasteiger partial charge in [0.05, 0.1) is 13.2 Å². The van der Waals surface area contributed by atoms with E-state index in [1.807, 2.05) is 13.8 Å². The number of nitrogens with two attached hydrogens (primary N) is 1. The lowest BCUT2D eigenvalue weighted by molar-refractivity contribution is 0.175. The summed E-state index contributed by atoms with van der Waals surface area (Å²) >= 11 is 3.14. The lowest BCUT2D eigenvalue weighted by Gasteiger charge is -2.23. The van der Waals surface area contributed by atoms with E-state index < -0.39 is 10.0 Å². The van der Waals surface area contributed by atoms with Gasteiger partial charge in [-0.05, 0) is 21.8 Å². The van der Waals surface area contributed by atoms with Crippen LogP contribution < -0.4 is 5.73 Å². The Labute approximate surface area is 128 Å². The van der Waals surface area contributed by atoms with E-state index in [-0.39, 0.29) is 22.0 Å². The molecule has 0 aliphatic heterocycles. The van der Waals surface area contributed by atoms with Crippen LogP contribution in [0, 0.1) is 5.92 Å². The summed E-state index contributed by atoms with van der Waals surface area (Å²) < 4.78 is 37.2. The minimum Gasteiger partial charge on any atom is -0.452 e. The summed E-state index contributed by atoms with van der Waals surface area (Å²) in [7, 11) is -2.09. The maximum absolute atomic E-state index is 12.7. The predicted octanol–water partition coefficient (Wildman–Crippen LogP) is 1.79. The van der Waals surface area contributed by atoms with Gasteiger partial charge in [-0.3, -0.25) is 0 Å². The number of methoxy groups -OCH3 is 1. The smallest absolute Gasteiger partial charge is 0.247 e. The van der Waals surface area contributed by atoms with Gasteiger partial charge in [-0.1, -0.05) is 13.8 Å². The van der Waals surface area contributed by atoms with Gasteiger partial charge in [-0.2, -0.15) is 4.31 Å². The Hall–Kier alpha value is -0.410. The van der Waals surface area contributed by atoms with Crippen LogP contribution in [0.2, 0.25) is 0 Å². The number of halogens is 1. The molecule has 0 spiro atoms. The van der Waals surface area contributed by atoms with Crippen molar-refractivity contribution in [1.82, 2.24) is 4.31 Å². The summed E-state index contributed by atoms with van der Waals surface area (Å²) in [5.41, 5.74) is 5.47. The van der Waals surface area contributed by atoms with E-state index in [0.717, 1.165) is 0 Å². The summed E-state index contributed by atoms with van der Waals surface area (Å²) in [6.07, 6.45) is 0. The molecule has 1 heterocycles. The highest BCUT2D eigenvalue weighted by Crippen LogP contribution is 2.29. The van der Waals surface area contributed by atoms with Crippen molar-refractivity contribution in [3.63, 3.8) is 0 Å². The summed E-state index contributed by atoms with van der Waals surface area (Å²) in [4.78, 5) is 0.106. The van der Waals surface area contributed by atoms with Crippen molar-refractivity contribution in [2.75, 3.05) is 26.8 Å². The van der Waals surface area contributed by atoms with E-state index in [9.17, 15) is 8.42 Å². The van der Waals surface area contributed by atoms with Gasteiger partial charge in [0.25, 0.3) is 0 Å². The topological polar surface area (TPSA) is 85.8 Å². The predicted molar refractivity (Wildman–Crippen MR) is 79.8 cm³/mol. The normalized spacial score (nSPS) is 12.6. The van der Waals surface area contributed by atoms with Crippen LogP contribution in [-0.4, -0.2) is 39.5 Å². The molecule has 8 heteroatoms. The van der Waals surface area contributed by atoms with Crippen LogP contribution in [-0.2, 0) is 21.3 Å². The number of nitrogens with zero attached hydrogens (tertiary/aromatic N) is 1. The standard InChI is InChI=1S/C12H21BrN2O4S/c1-9(2)8-15(4-5-18-3)20(16,17)11-6-10(7-14)19-12(11)13/h6,9H,4-5,7-8,14H2,1-3H3. The fraction of sp³-hybridized carbons (Fsp3) is 0.667. The Balaban J connectivity index is 3.10. The van der Waals surface area contributed by atoms with Crippen molar-refractivity contribution in [2.45, 2.75) is 25.3 Å². The Morgan fingerprint density at radius 3 is 2.60 bits per heavy atom. The number of rotatable bonds is 8. The summed E-state index contributed by atoms with van der Waals surface area (Å²) in [5, 5.41) is 0. The highest BCUT2D eigenvalue weighted by Gasteiger charge is 2.29. The Morgan fingerprint density at radius 1 is 1.50 bits per heavy atom. The first-order chi connectivity index (χ1) is 9.32. The zero-order valence-electron chi connectivity index (χ0n) is 11.9. The minimum atomic E-state index is -3.63. The van der Waals surface area contributed by atoms with Gasteiger partial charge in [0.1, 0.15) is 10.7 Å². The quantitative estimate of drug-likeness (QED) is 0.755. The molecule has 0 amide bonds. The molecule has 6 nitrogen and oxygen atoms in total. The molecule has 0 saturated heterocycles. The largest absolute Gasteiger partial charge is 0.452 e. The highest BCUT2D eigenvalue weighted by atomic mass is 79.9. The van der Waals surface area contributed by atoms with Crippen LogP contribution in [0.4, 0.5) is 0 Å². The van der Waals surface area contributed by atoms with Crippen LogP contribution in [0.25, 0.3) is 0 Å². The van der Waals surface area contributed by atoms with Crippen molar-refractivity contribution >= 4 is 26.0 Å². The first-order valence-electron chi connectivity index (χ1n) is 6.30. The molecule has 1 aromatic heterocycles. The number of sulfonamides is 1. The Morgan fingerprint density at radius 2 is 2.15 bits per heavy atom. The lowest BCUT2D eigenvalue weighted by atomic mass is 10.2. The number of furan rings is 1. The summed E-state index contributed by atoms with van der Waals surface area (Å²) in [6, 6.07) is 1.46. The molecule has 0 radical (unpaired) electrons. The molecule has 0 aromatic carbocycles.